The maximum Gasteiger partial charge on any atom is 0.155 e. The summed E-state index contributed by atoms with van der Waals surface area (Å²) in [6.45, 7) is 2.75. The minimum Gasteiger partial charge on any atom is -0.327 e. The molecule has 4 heterocycles. The van der Waals surface area contributed by atoms with Crippen LogP contribution in [0.5, 0.6) is 0 Å². The lowest BCUT2D eigenvalue weighted by molar-refractivity contribution is 0.630. The van der Waals surface area contributed by atoms with Gasteiger partial charge in [-0.05, 0) is 43.2 Å². The number of hydrogen-bond donors (Lipinski definition) is 0. The largest absolute Gasteiger partial charge is 0.327 e. The third-order valence-electron chi connectivity index (χ3n) is 4.88. The van der Waals surface area contributed by atoms with Crippen molar-refractivity contribution in [3.8, 4) is 22.5 Å². The Labute approximate surface area is 154 Å². The maximum absolute atomic E-state index is 14.7. The van der Waals surface area contributed by atoms with Crippen molar-refractivity contribution >= 4 is 17.2 Å². The molecule has 0 spiro atoms. The Bertz CT molecular complexity index is 1160. The second-order valence-corrected chi connectivity index (χ2v) is 6.95. The topological polar surface area (TPSA) is 48.0 Å². The zero-order valence-electron chi connectivity index (χ0n) is 14.1. The van der Waals surface area contributed by atoms with Crippen molar-refractivity contribution in [2.45, 2.75) is 26.3 Å². The quantitative estimate of drug-likeness (QED) is 0.530. The third-order valence-corrected chi connectivity index (χ3v) is 5.29. The molecule has 1 aliphatic rings. The molecule has 5 nitrogen and oxygen atoms in total. The number of rotatable bonds is 2. The highest BCUT2D eigenvalue weighted by Gasteiger charge is 2.25. The van der Waals surface area contributed by atoms with Crippen molar-refractivity contribution in [3.05, 3.63) is 59.0 Å². The first-order chi connectivity index (χ1) is 12.6. The number of fused-ring (bicyclic) bond motifs is 2. The van der Waals surface area contributed by atoms with E-state index in [2.05, 4.69) is 14.6 Å². The van der Waals surface area contributed by atoms with E-state index in [0.717, 1.165) is 47.7 Å². The smallest absolute Gasteiger partial charge is 0.155 e. The number of pyridine rings is 1. The van der Waals surface area contributed by atoms with Gasteiger partial charge < -0.3 is 4.57 Å². The van der Waals surface area contributed by atoms with Crippen LogP contribution in [-0.4, -0.2) is 24.1 Å². The fourth-order valence-corrected chi connectivity index (χ4v) is 3.75. The normalized spacial score (nSPS) is 13.5. The van der Waals surface area contributed by atoms with Gasteiger partial charge in [-0.3, -0.25) is 0 Å². The highest BCUT2D eigenvalue weighted by Crippen LogP contribution is 2.38. The Morgan fingerprint density at radius 3 is 3.00 bits per heavy atom. The highest BCUT2D eigenvalue weighted by atomic mass is 35.5. The minimum atomic E-state index is -0.361. The van der Waals surface area contributed by atoms with Crippen LogP contribution in [0.3, 0.4) is 0 Å². The van der Waals surface area contributed by atoms with Gasteiger partial charge in [0.25, 0.3) is 0 Å². The van der Waals surface area contributed by atoms with Gasteiger partial charge in [-0.25, -0.2) is 18.9 Å². The van der Waals surface area contributed by atoms with Gasteiger partial charge in [0.05, 0.1) is 11.4 Å². The van der Waals surface area contributed by atoms with Crippen LogP contribution in [0.25, 0.3) is 28.2 Å². The van der Waals surface area contributed by atoms with Gasteiger partial charge in [-0.1, -0.05) is 11.6 Å². The Morgan fingerprint density at radius 1 is 1.23 bits per heavy atom. The van der Waals surface area contributed by atoms with Crippen molar-refractivity contribution in [2.24, 2.45) is 0 Å². The molecule has 0 bridgehead atoms. The van der Waals surface area contributed by atoms with Gasteiger partial charge in [-0.15, -0.1) is 0 Å². The lowest BCUT2D eigenvalue weighted by Crippen LogP contribution is -1.99. The molecular weight excluding hydrogens is 353 g/mol. The molecule has 0 saturated carbocycles. The van der Waals surface area contributed by atoms with Crippen LogP contribution in [0.4, 0.5) is 4.39 Å². The summed E-state index contributed by atoms with van der Waals surface area (Å²) >= 11 is 6.07. The van der Waals surface area contributed by atoms with Crippen molar-refractivity contribution in [1.29, 1.82) is 0 Å². The molecule has 7 heteroatoms. The molecule has 3 aromatic heterocycles. The molecule has 0 radical (unpaired) electrons. The fourth-order valence-electron chi connectivity index (χ4n) is 3.60. The van der Waals surface area contributed by atoms with Gasteiger partial charge in [0.1, 0.15) is 18.0 Å². The second kappa shape index (κ2) is 5.64. The van der Waals surface area contributed by atoms with Crippen LogP contribution in [0.15, 0.2) is 36.8 Å². The molecule has 1 aliphatic heterocycles. The average molecular weight is 368 g/mol. The van der Waals surface area contributed by atoms with Crippen LogP contribution in [-0.2, 0) is 13.0 Å². The number of aromatic nitrogens is 5. The number of halogens is 2. The molecule has 0 fully saturated rings. The lowest BCUT2D eigenvalue weighted by Gasteiger charge is -2.10. The zero-order chi connectivity index (χ0) is 17.8. The molecule has 4 aromatic rings. The van der Waals surface area contributed by atoms with Crippen LogP contribution in [0, 0.1) is 12.7 Å². The number of benzene rings is 1. The second-order valence-electron chi connectivity index (χ2n) is 6.54. The summed E-state index contributed by atoms with van der Waals surface area (Å²) in [7, 11) is 0. The Kier molecular flexibility index (Phi) is 3.37. The van der Waals surface area contributed by atoms with Gasteiger partial charge in [0.15, 0.2) is 5.65 Å². The summed E-state index contributed by atoms with van der Waals surface area (Å²) in [4.78, 5) is 8.96. The van der Waals surface area contributed by atoms with Crippen molar-refractivity contribution in [1.82, 2.24) is 24.1 Å². The molecule has 0 unspecified atom stereocenters. The SMILES string of the molecule is Cc1cc(-c2nc3n(c2-c2ccc4ncnn4c2)CCC3)c(F)cc1Cl. The first kappa shape index (κ1) is 15.5. The standard InChI is InChI=1S/C19H15ClFN5/c1-11-7-13(15(21)8-14(11)20)18-19(25-6-2-3-17(25)24-18)12-4-5-16-22-10-23-26(16)9-12/h4-5,7-10H,2-3,6H2,1H3. The fraction of sp³-hybridized carbons (Fsp3) is 0.211. The third kappa shape index (κ3) is 2.25. The molecule has 1 aromatic carbocycles. The number of imidazole rings is 1. The van der Waals surface area contributed by atoms with Gasteiger partial charge in [0, 0.05) is 35.3 Å². The number of nitrogens with zero attached hydrogens (tertiary/aromatic N) is 5. The summed E-state index contributed by atoms with van der Waals surface area (Å²) in [5, 5.41) is 4.63. The monoisotopic (exact) mass is 367 g/mol. The highest BCUT2D eigenvalue weighted by molar-refractivity contribution is 6.31. The first-order valence-corrected chi connectivity index (χ1v) is 8.85. The summed E-state index contributed by atoms with van der Waals surface area (Å²) in [5.41, 5.74) is 4.57. The van der Waals surface area contributed by atoms with Crippen LogP contribution >= 0.6 is 11.6 Å². The van der Waals surface area contributed by atoms with E-state index in [1.165, 1.54) is 12.4 Å². The minimum absolute atomic E-state index is 0.361. The summed E-state index contributed by atoms with van der Waals surface area (Å²) in [6.07, 6.45) is 5.37. The zero-order valence-corrected chi connectivity index (χ0v) is 14.8. The van der Waals surface area contributed by atoms with Crippen molar-refractivity contribution < 1.29 is 4.39 Å². The molecule has 0 saturated heterocycles. The Morgan fingerprint density at radius 2 is 2.12 bits per heavy atom. The van der Waals surface area contributed by atoms with Gasteiger partial charge >= 0.3 is 0 Å². The molecule has 26 heavy (non-hydrogen) atoms. The van der Waals surface area contributed by atoms with E-state index in [-0.39, 0.29) is 5.82 Å². The van der Waals surface area contributed by atoms with Gasteiger partial charge in [-0.2, -0.15) is 5.10 Å². The van der Waals surface area contributed by atoms with Crippen LogP contribution in [0.2, 0.25) is 5.02 Å². The Hall–Kier alpha value is -2.73. The molecule has 130 valence electrons. The van der Waals surface area contributed by atoms with E-state index < -0.39 is 0 Å². The van der Waals surface area contributed by atoms with E-state index in [0.29, 0.717) is 16.3 Å². The average Bonchev–Trinajstić information content (AvgIpc) is 3.32. The molecule has 5 rings (SSSR count). The molecule has 0 N–H and O–H groups in total. The van der Waals surface area contributed by atoms with E-state index in [9.17, 15) is 4.39 Å². The van der Waals surface area contributed by atoms with Gasteiger partial charge in [0.2, 0.25) is 0 Å². The van der Waals surface area contributed by atoms with Crippen LogP contribution in [0.1, 0.15) is 17.8 Å². The lowest BCUT2D eigenvalue weighted by atomic mass is 10.0. The van der Waals surface area contributed by atoms with E-state index in [1.54, 1.807) is 10.6 Å². The van der Waals surface area contributed by atoms with E-state index in [4.69, 9.17) is 16.6 Å². The van der Waals surface area contributed by atoms with Crippen molar-refractivity contribution in [2.75, 3.05) is 0 Å². The summed E-state index contributed by atoms with van der Waals surface area (Å²) in [6, 6.07) is 7.02. The maximum atomic E-state index is 14.7. The number of hydrogen-bond acceptors (Lipinski definition) is 3. The van der Waals surface area contributed by atoms with E-state index >= 15 is 0 Å². The summed E-state index contributed by atoms with van der Waals surface area (Å²) in [5.74, 6) is 0.626. The van der Waals surface area contributed by atoms with Crippen LogP contribution < -0.4 is 0 Å². The Balaban J connectivity index is 1.78. The molecule has 0 aliphatic carbocycles. The predicted molar refractivity (Wildman–Crippen MR) is 97.7 cm³/mol. The van der Waals surface area contributed by atoms with Crippen molar-refractivity contribution in [3.63, 3.8) is 0 Å². The molecule has 0 amide bonds. The summed E-state index contributed by atoms with van der Waals surface area (Å²) < 4.78 is 18.6. The van der Waals surface area contributed by atoms with E-state index in [1.807, 2.05) is 25.3 Å². The predicted octanol–water partition coefficient (Wildman–Crippen LogP) is 4.31. The molecular formula is C19H15ClFN5. The molecule has 0 atom stereocenters. The number of aryl methyl sites for hydroxylation is 2. The first-order valence-electron chi connectivity index (χ1n) is 8.47.